The van der Waals surface area contributed by atoms with Crippen LogP contribution in [0.4, 0.5) is 5.69 Å². The molecule has 2 amide bonds. The third kappa shape index (κ3) is 5.02. The lowest BCUT2D eigenvalue weighted by Gasteiger charge is -2.25. The summed E-state index contributed by atoms with van der Waals surface area (Å²) in [6, 6.07) is 10.5. The molecule has 0 radical (unpaired) electrons. The molecular weight excluding hydrogens is 383 g/mol. The Labute approximate surface area is 170 Å². The Balaban J connectivity index is 2.20. The van der Waals surface area contributed by atoms with E-state index >= 15 is 0 Å². The van der Waals surface area contributed by atoms with Gasteiger partial charge in [-0.25, -0.2) is 0 Å². The van der Waals surface area contributed by atoms with E-state index in [9.17, 15) is 9.59 Å². The Morgan fingerprint density at radius 1 is 1.00 bits per heavy atom. The quantitative estimate of drug-likeness (QED) is 0.702. The van der Waals surface area contributed by atoms with Gasteiger partial charge in [0.15, 0.2) is 0 Å². The van der Waals surface area contributed by atoms with Crippen LogP contribution in [0.25, 0.3) is 0 Å². The molecule has 2 aromatic carbocycles. The van der Waals surface area contributed by atoms with Gasteiger partial charge in [-0.3, -0.25) is 9.59 Å². The van der Waals surface area contributed by atoms with E-state index in [0.717, 1.165) is 11.1 Å². The van der Waals surface area contributed by atoms with Crippen molar-refractivity contribution in [2.45, 2.75) is 46.1 Å². The Morgan fingerprint density at radius 2 is 1.67 bits per heavy atom. The minimum Gasteiger partial charge on any atom is -0.350 e. The van der Waals surface area contributed by atoms with Gasteiger partial charge in [-0.2, -0.15) is 0 Å². The van der Waals surface area contributed by atoms with Crippen LogP contribution in [0, 0.1) is 6.92 Å². The molecule has 0 saturated heterocycles. The van der Waals surface area contributed by atoms with E-state index in [1.807, 2.05) is 34.6 Å². The molecule has 144 valence electrons. The molecule has 0 fully saturated rings. The molecule has 0 saturated carbocycles. The summed E-state index contributed by atoms with van der Waals surface area (Å²) in [6.07, 6.45) is 0. The minimum atomic E-state index is -0.810. The van der Waals surface area contributed by atoms with E-state index in [2.05, 4.69) is 10.6 Å². The summed E-state index contributed by atoms with van der Waals surface area (Å²) in [5.41, 5.74) is 1.96. The van der Waals surface area contributed by atoms with Gasteiger partial charge in [0.25, 0.3) is 5.91 Å². The first-order valence-electron chi connectivity index (χ1n) is 8.71. The summed E-state index contributed by atoms with van der Waals surface area (Å²) < 4.78 is 0. The van der Waals surface area contributed by atoms with E-state index < -0.39 is 5.41 Å². The summed E-state index contributed by atoms with van der Waals surface area (Å²) in [4.78, 5) is 25.0. The van der Waals surface area contributed by atoms with Gasteiger partial charge in [-0.15, -0.1) is 0 Å². The van der Waals surface area contributed by atoms with Gasteiger partial charge in [-0.1, -0.05) is 29.3 Å². The highest BCUT2D eigenvalue weighted by Crippen LogP contribution is 2.31. The number of amides is 2. The fourth-order valence-electron chi connectivity index (χ4n) is 2.64. The van der Waals surface area contributed by atoms with Gasteiger partial charge >= 0.3 is 0 Å². The van der Waals surface area contributed by atoms with E-state index in [0.29, 0.717) is 21.3 Å². The lowest BCUT2D eigenvalue weighted by Crippen LogP contribution is -2.35. The molecule has 0 aliphatic rings. The van der Waals surface area contributed by atoms with E-state index in [1.54, 1.807) is 36.4 Å². The number of rotatable bonds is 5. The smallest absolute Gasteiger partial charge is 0.251 e. The second-order valence-electron chi connectivity index (χ2n) is 7.37. The molecule has 27 heavy (non-hydrogen) atoms. The van der Waals surface area contributed by atoms with Gasteiger partial charge in [0.2, 0.25) is 5.91 Å². The van der Waals surface area contributed by atoms with Gasteiger partial charge < -0.3 is 10.6 Å². The Morgan fingerprint density at radius 3 is 2.22 bits per heavy atom. The second-order valence-corrected chi connectivity index (χ2v) is 8.18. The first-order valence-corrected chi connectivity index (χ1v) is 9.46. The lowest BCUT2D eigenvalue weighted by atomic mass is 9.83. The van der Waals surface area contributed by atoms with Crippen LogP contribution < -0.4 is 10.6 Å². The maximum absolute atomic E-state index is 12.8. The molecule has 0 aromatic heterocycles. The first kappa shape index (κ1) is 21.3. The number of carbonyl (C=O) groups excluding carboxylic acids is 2. The molecule has 0 aliphatic heterocycles. The largest absolute Gasteiger partial charge is 0.350 e. The third-order valence-corrected chi connectivity index (χ3v) is 5.10. The van der Waals surface area contributed by atoms with Crippen molar-refractivity contribution >= 4 is 40.7 Å². The standard InChI is InChI=1S/C21H24Cl2N2O2/c1-12(2)24-19(26)16-8-7-15(10-13(16)3)25-20(27)21(4,5)14-6-9-17(22)18(23)11-14/h6-12H,1-5H3,(H,24,26)(H,25,27). The maximum Gasteiger partial charge on any atom is 0.251 e. The van der Waals surface area contributed by atoms with Crippen molar-refractivity contribution < 1.29 is 9.59 Å². The molecule has 4 nitrogen and oxygen atoms in total. The van der Waals surface area contributed by atoms with Crippen molar-refractivity contribution in [3.63, 3.8) is 0 Å². The highest BCUT2D eigenvalue weighted by Gasteiger charge is 2.30. The van der Waals surface area contributed by atoms with Gasteiger partial charge in [0.1, 0.15) is 0 Å². The minimum absolute atomic E-state index is 0.0586. The summed E-state index contributed by atoms with van der Waals surface area (Å²) >= 11 is 12.1. The molecule has 2 aromatic rings. The molecule has 2 N–H and O–H groups in total. The van der Waals surface area contributed by atoms with E-state index in [4.69, 9.17) is 23.2 Å². The summed E-state index contributed by atoms with van der Waals surface area (Å²) in [7, 11) is 0. The number of anilines is 1. The average molecular weight is 407 g/mol. The monoisotopic (exact) mass is 406 g/mol. The number of nitrogens with one attached hydrogen (secondary N) is 2. The van der Waals surface area contributed by atoms with E-state index in [-0.39, 0.29) is 17.9 Å². The van der Waals surface area contributed by atoms with Crippen LogP contribution >= 0.6 is 23.2 Å². The maximum atomic E-state index is 12.8. The highest BCUT2D eigenvalue weighted by molar-refractivity contribution is 6.42. The van der Waals surface area contributed by atoms with Gasteiger partial charge in [-0.05, 0) is 76.1 Å². The van der Waals surface area contributed by atoms with Gasteiger partial charge in [0.05, 0.1) is 15.5 Å². The molecule has 0 unspecified atom stereocenters. The number of hydrogen-bond donors (Lipinski definition) is 2. The van der Waals surface area contributed by atoms with Crippen molar-refractivity contribution in [2.75, 3.05) is 5.32 Å². The first-order chi connectivity index (χ1) is 12.5. The summed E-state index contributed by atoms with van der Waals surface area (Å²) in [5.74, 6) is -0.309. The zero-order chi connectivity index (χ0) is 20.4. The summed E-state index contributed by atoms with van der Waals surface area (Å²) in [5, 5.41) is 6.64. The molecule has 0 aliphatic carbocycles. The van der Waals surface area contributed by atoms with Crippen LogP contribution in [0.2, 0.25) is 10.0 Å². The topological polar surface area (TPSA) is 58.2 Å². The van der Waals surface area contributed by atoms with E-state index in [1.165, 1.54) is 0 Å². The highest BCUT2D eigenvalue weighted by atomic mass is 35.5. The van der Waals surface area contributed by atoms with Crippen LogP contribution in [-0.4, -0.2) is 17.9 Å². The number of aryl methyl sites for hydroxylation is 1. The molecule has 6 heteroatoms. The van der Waals surface area contributed by atoms with Crippen molar-refractivity contribution in [1.29, 1.82) is 0 Å². The predicted molar refractivity (Wildman–Crippen MR) is 112 cm³/mol. The Hall–Kier alpha value is -2.04. The Bertz CT molecular complexity index is 876. The van der Waals surface area contributed by atoms with Crippen LogP contribution in [0.15, 0.2) is 36.4 Å². The SMILES string of the molecule is Cc1cc(NC(=O)C(C)(C)c2ccc(Cl)c(Cl)c2)ccc1C(=O)NC(C)C. The van der Waals surface area contributed by atoms with Crippen molar-refractivity contribution in [2.24, 2.45) is 0 Å². The van der Waals surface area contributed by atoms with Crippen molar-refractivity contribution in [3.8, 4) is 0 Å². The average Bonchev–Trinajstić information content (AvgIpc) is 2.56. The Kier molecular flexibility index (Phi) is 6.55. The van der Waals surface area contributed by atoms with Crippen LogP contribution in [0.3, 0.4) is 0 Å². The second kappa shape index (κ2) is 8.32. The third-order valence-electron chi connectivity index (χ3n) is 4.36. The van der Waals surface area contributed by atoms with Crippen LogP contribution in [-0.2, 0) is 10.2 Å². The number of halogens is 2. The van der Waals surface area contributed by atoms with Crippen molar-refractivity contribution in [3.05, 3.63) is 63.1 Å². The normalized spacial score (nSPS) is 11.4. The number of benzene rings is 2. The predicted octanol–water partition coefficient (Wildman–Crippen LogP) is 5.36. The molecule has 2 rings (SSSR count). The molecule has 0 heterocycles. The number of carbonyl (C=O) groups is 2. The zero-order valence-corrected chi connectivity index (χ0v) is 17.6. The summed E-state index contributed by atoms with van der Waals surface area (Å²) in [6.45, 7) is 9.30. The molecule has 0 spiro atoms. The van der Waals surface area contributed by atoms with Gasteiger partial charge in [0, 0.05) is 17.3 Å². The molecular formula is C21H24Cl2N2O2. The van der Waals surface area contributed by atoms with Crippen LogP contribution in [0.1, 0.15) is 49.2 Å². The fraction of sp³-hybridized carbons (Fsp3) is 0.333. The zero-order valence-electron chi connectivity index (χ0n) is 16.1. The lowest BCUT2D eigenvalue weighted by molar-refractivity contribution is -0.120. The fourth-order valence-corrected chi connectivity index (χ4v) is 2.94. The van der Waals surface area contributed by atoms with Crippen LogP contribution in [0.5, 0.6) is 0 Å². The molecule has 0 bridgehead atoms. The number of hydrogen-bond acceptors (Lipinski definition) is 2. The van der Waals surface area contributed by atoms with Crippen molar-refractivity contribution in [1.82, 2.24) is 5.32 Å². The molecule has 0 atom stereocenters.